The van der Waals surface area contributed by atoms with Crippen LogP contribution in [0.15, 0.2) is 12.1 Å². The van der Waals surface area contributed by atoms with Crippen LogP contribution in [0, 0.1) is 0 Å². The molecule has 0 bridgehead atoms. The molecule has 0 saturated heterocycles. The number of benzene rings is 1. The standard InChI is InChI=1S/C25H43P/c1-5-8-14-21-19-20-25(26(4)22-15-12-11-13-16-22)24(18-10-7-3)23(21)17-9-6-2/h19-20,22H,5-18H2,1-4H3. The molecule has 1 saturated carbocycles. The number of hydrogen-bond donors (Lipinski definition) is 0. The average molecular weight is 375 g/mol. The largest absolute Gasteiger partial charge is 0.0750 e. The van der Waals surface area contributed by atoms with Gasteiger partial charge in [-0.1, -0.05) is 79.4 Å². The van der Waals surface area contributed by atoms with Crippen molar-refractivity contribution in [2.24, 2.45) is 0 Å². The molecule has 2 rings (SSSR count). The predicted octanol–water partition coefficient (Wildman–Crippen LogP) is 7.78. The van der Waals surface area contributed by atoms with E-state index in [-0.39, 0.29) is 7.92 Å². The SMILES string of the molecule is CCCCc1ccc(P(C)C2CCCCC2)c(CCCC)c1CCCC. The minimum Gasteiger partial charge on any atom is -0.0750 e. The first-order chi connectivity index (χ1) is 12.7. The Hall–Kier alpha value is -0.350. The minimum atomic E-state index is 0.0123. The van der Waals surface area contributed by atoms with E-state index in [1.807, 2.05) is 0 Å². The van der Waals surface area contributed by atoms with Gasteiger partial charge in [0.1, 0.15) is 0 Å². The maximum absolute atomic E-state index is 2.60. The fourth-order valence-electron chi connectivity index (χ4n) is 4.62. The summed E-state index contributed by atoms with van der Waals surface area (Å²) >= 11 is 0. The summed E-state index contributed by atoms with van der Waals surface area (Å²) in [5.41, 5.74) is 6.24. The summed E-state index contributed by atoms with van der Waals surface area (Å²) in [5, 5.41) is 1.78. The molecule has 148 valence electrons. The predicted molar refractivity (Wildman–Crippen MR) is 122 cm³/mol. The highest BCUT2D eigenvalue weighted by Crippen LogP contribution is 2.45. The van der Waals surface area contributed by atoms with Gasteiger partial charge in [-0.05, 0) is 85.7 Å². The highest BCUT2D eigenvalue weighted by Gasteiger charge is 2.24. The van der Waals surface area contributed by atoms with E-state index in [4.69, 9.17) is 0 Å². The molecule has 1 atom stereocenters. The van der Waals surface area contributed by atoms with E-state index >= 15 is 0 Å². The Labute approximate surface area is 165 Å². The van der Waals surface area contributed by atoms with Crippen LogP contribution < -0.4 is 5.30 Å². The van der Waals surface area contributed by atoms with Gasteiger partial charge in [-0.2, -0.15) is 0 Å². The molecule has 0 heterocycles. The number of unbranched alkanes of at least 4 members (excludes halogenated alkanes) is 3. The second-order valence-electron chi connectivity index (χ2n) is 8.41. The highest BCUT2D eigenvalue weighted by atomic mass is 31.1. The average Bonchev–Trinajstić information content (AvgIpc) is 2.69. The summed E-state index contributed by atoms with van der Waals surface area (Å²) in [6, 6.07) is 5.11. The van der Waals surface area contributed by atoms with Gasteiger partial charge in [0.15, 0.2) is 0 Å². The third-order valence-electron chi connectivity index (χ3n) is 6.37. The van der Waals surface area contributed by atoms with Gasteiger partial charge in [0.2, 0.25) is 0 Å². The lowest BCUT2D eigenvalue weighted by molar-refractivity contribution is 0.512. The minimum absolute atomic E-state index is 0.0123. The Bertz CT molecular complexity index is 513. The molecule has 0 nitrogen and oxygen atoms in total. The Kier molecular flexibility index (Phi) is 10.3. The lowest BCUT2D eigenvalue weighted by atomic mass is 9.91. The normalized spacial score (nSPS) is 16.8. The molecule has 0 aliphatic heterocycles. The first-order valence-corrected chi connectivity index (χ1v) is 13.4. The first-order valence-electron chi connectivity index (χ1n) is 11.6. The zero-order chi connectivity index (χ0) is 18.8. The van der Waals surface area contributed by atoms with E-state index < -0.39 is 0 Å². The molecule has 1 aromatic rings. The molecule has 1 aromatic carbocycles. The topological polar surface area (TPSA) is 0 Å². The maximum Gasteiger partial charge on any atom is -0.0171 e. The number of rotatable bonds is 11. The Morgan fingerprint density at radius 3 is 1.96 bits per heavy atom. The fraction of sp³-hybridized carbons (Fsp3) is 0.760. The summed E-state index contributed by atoms with van der Waals surface area (Å²) < 4.78 is 0. The molecule has 1 fully saturated rings. The van der Waals surface area contributed by atoms with Crippen LogP contribution >= 0.6 is 7.92 Å². The van der Waals surface area contributed by atoms with Gasteiger partial charge in [-0.25, -0.2) is 0 Å². The van der Waals surface area contributed by atoms with Gasteiger partial charge in [0.25, 0.3) is 0 Å². The molecule has 1 heteroatoms. The Balaban J connectivity index is 2.37. The van der Waals surface area contributed by atoms with Crippen molar-refractivity contribution in [3.63, 3.8) is 0 Å². The Morgan fingerprint density at radius 2 is 1.35 bits per heavy atom. The molecule has 1 aliphatic rings. The van der Waals surface area contributed by atoms with Crippen molar-refractivity contribution in [2.45, 2.75) is 116 Å². The third-order valence-corrected chi connectivity index (χ3v) is 9.16. The molecular weight excluding hydrogens is 331 g/mol. The second kappa shape index (κ2) is 12.2. The molecule has 1 aliphatic carbocycles. The summed E-state index contributed by atoms with van der Waals surface area (Å²) in [7, 11) is 0.0123. The molecule has 0 amide bonds. The molecule has 0 N–H and O–H groups in total. The van der Waals surface area contributed by atoms with Crippen molar-refractivity contribution in [2.75, 3.05) is 6.66 Å². The second-order valence-corrected chi connectivity index (χ2v) is 10.8. The van der Waals surface area contributed by atoms with E-state index in [1.54, 1.807) is 22.0 Å². The van der Waals surface area contributed by atoms with Gasteiger partial charge < -0.3 is 0 Å². The van der Waals surface area contributed by atoms with Crippen LogP contribution in [0.2, 0.25) is 0 Å². The van der Waals surface area contributed by atoms with Crippen LogP contribution in [0.1, 0.15) is 108 Å². The van der Waals surface area contributed by atoms with Crippen LogP contribution in [0.4, 0.5) is 0 Å². The summed E-state index contributed by atoms with van der Waals surface area (Å²) in [6.45, 7) is 9.62. The maximum atomic E-state index is 2.60. The van der Waals surface area contributed by atoms with E-state index in [1.165, 1.54) is 89.9 Å². The highest BCUT2D eigenvalue weighted by molar-refractivity contribution is 7.65. The van der Waals surface area contributed by atoms with Crippen LogP contribution in [0.25, 0.3) is 0 Å². The van der Waals surface area contributed by atoms with E-state index in [0.717, 1.165) is 5.66 Å². The van der Waals surface area contributed by atoms with Gasteiger partial charge in [0.05, 0.1) is 0 Å². The fourth-order valence-corrected chi connectivity index (χ4v) is 7.14. The summed E-state index contributed by atoms with van der Waals surface area (Å²) in [5.74, 6) is 0. The lowest BCUT2D eigenvalue weighted by Crippen LogP contribution is -2.21. The molecule has 26 heavy (non-hydrogen) atoms. The van der Waals surface area contributed by atoms with Crippen molar-refractivity contribution in [1.82, 2.24) is 0 Å². The van der Waals surface area contributed by atoms with Crippen LogP contribution in [0.5, 0.6) is 0 Å². The van der Waals surface area contributed by atoms with Crippen LogP contribution in [-0.2, 0) is 19.3 Å². The van der Waals surface area contributed by atoms with Gasteiger partial charge >= 0.3 is 0 Å². The first kappa shape index (κ1) is 21.9. The van der Waals surface area contributed by atoms with Gasteiger partial charge in [-0.3, -0.25) is 0 Å². The summed E-state index contributed by atoms with van der Waals surface area (Å²) in [4.78, 5) is 0. The molecule has 1 unspecified atom stereocenters. The van der Waals surface area contributed by atoms with Crippen LogP contribution in [-0.4, -0.2) is 12.3 Å². The van der Waals surface area contributed by atoms with Crippen molar-refractivity contribution in [1.29, 1.82) is 0 Å². The zero-order valence-electron chi connectivity index (χ0n) is 18.1. The van der Waals surface area contributed by atoms with Crippen molar-refractivity contribution in [3.8, 4) is 0 Å². The van der Waals surface area contributed by atoms with Crippen molar-refractivity contribution < 1.29 is 0 Å². The van der Waals surface area contributed by atoms with Gasteiger partial charge in [-0.15, -0.1) is 0 Å². The molecule has 0 aromatic heterocycles. The monoisotopic (exact) mass is 374 g/mol. The quantitative estimate of drug-likeness (QED) is 0.347. The van der Waals surface area contributed by atoms with E-state index in [0.29, 0.717) is 0 Å². The number of aryl methyl sites for hydroxylation is 1. The van der Waals surface area contributed by atoms with E-state index in [9.17, 15) is 0 Å². The van der Waals surface area contributed by atoms with Crippen molar-refractivity contribution >= 4 is 13.2 Å². The molecule has 0 spiro atoms. The Morgan fingerprint density at radius 1 is 0.769 bits per heavy atom. The smallest absolute Gasteiger partial charge is 0.0171 e. The lowest BCUT2D eigenvalue weighted by Gasteiger charge is -2.31. The van der Waals surface area contributed by atoms with Crippen molar-refractivity contribution in [3.05, 3.63) is 28.8 Å². The molecule has 0 radical (unpaired) electrons. The van der Waals surface area contributed by atoms with E-state index in [2.05, 4.69) is 39.6 Å². The van der Waals surface area contributed by atoms with Crippen LogP contribution in [0.3, 0.4) is 0 Å². The van der Waals surface area contributed by atoms with Gasteiger partial charge in [0, 0.05) is 0 Å². The number of hydrogen-bond acceptors (Lipinski definition) is 0. The third kappa shape index (κ3) is 6.09. The molecular formula is C25H43P. The summed E-state index contributed by atoms with van der Waals surface area (Å²) in [6.07, 6.45) is 19.3. The zero-order valence-corrected chi connectivity index (χ0v) is 19.0.